The van der Waals surface area contributed by atoms with Crippen LogP contribution in [0.5, 0.6) is 0 Å². The SMILES string of the molecule is CN1CCc2[nH]n3c(=O)c4c(nc3c2C1)CCC4.Cl. The summed E-state index contributed by atoms with van der Waals surface area (Å²) in [6.07, 6.45) is 3.87. The maximum absolute atomic E-state index is 12.4. The molecule has 6 heteroatoms. The van der Waals surface area contributed by atoms with Gasteiger partial charge in [0.1, 0.15) is 0 Å². The molecular formula is C13H17ClN4O. The average Bonchev–Trinajstić information content (AvgIpc) is 2.95. The van der Waals surface area contributed by atoms with Gasteiger partial charge in [-0.15, -0.1) is 12.4 Å². The van der Waals surface area contributed by atoms with Crippen molar-refractivity contribution in [3.8, 4) is 0 Å². The van der Waals surface area contributed by atoms with Gasteiger partial charge in [-0.25, -0.2) is 9.50 Å². The molecule has 0 saturated carbocycles. The Hall–Kier alpha value is -1.33. The van der Waals surface area contributed by atoms with Gasteiger partial charge in [-0.3, -0.25) is 9.89 Å². The topological polar surface area (TPSA) is 53.4 Å². The molecule has 5 nitrogen and oxygen atoms in total. The minimum Gasteiger partial charge on any atom is -0.302 e. The summed E-state index contributed by atoms with van der Waals surface area (Å²) in [6.45, 7) is 1.92. The minimum atomic E-state index is 0. The Bertz CT molecular complexity index is 703. The lowest BCUT2D eigenvalue weighted by atomic mass is 10.1. The molecule has 2 aromatic heterocycles. The lowest BCUT2D eigenvalue weighted by Crippen LogP contribution is -2.26. The number of hydrogen-bond acceptors (Lipinski definition) is 3. The van der Waals surface area contributed by atoms with Gasteiger partial charge in [0.05, 0.1) is 5.69 Å². The van der Waals surface area contributed by atoms with Gasteiger partial charge in [-0.1, -0.05) is 0 Å². The van der Waals surface area contributed by atoms with E-state index in [1.54, 1.807) is 4.52 Å². The van der Waals surface area contributed by atoms with Crippen LogP contribution in [0.1, 0.15) is 28.9 Å². The highest BCUT2D eigenvalue weighted by molar-refractivity contribution is 5.85. The van der Waals surface area contributed by atoms with Gasteiger partial charge in [0, 0.05) is 36.3 Å². The standard InChI is InChI=1S/C13H16N4O.ClH/c1-16-6-5-11-9(7-16)12-14-10-4-2-3-8(10)13(18)17(12)15-11;/h15H,2-7H2,1H3;1H. The molecule has 1 aliphatic carbocycles. The fourth-order valence-corrected chi connectivity index (χ4v) is 3.16. The van der Waals surface area contributed by atoms with E-state index in [0.717, 1.165) is 55.7 Å². The Kier molecular flexibility index (Phi) is 2.91. The summed E-state index contributed by atoms with van der Waals surface area (Å²) in [6, 6.07) is 0. The van der Waals surface area contributed by atoms with Gasteiger partial charge in [0.15, 0.2) is 5.65 Å². The molecule has 3 heterocycles. The van der Waals surface area contributed by atoms with Crippen molar-refractivity contribution < 1.29 is 0 Å². The first-order valence-electron chi connectivity index (χ1n) is 6.57. The predicted molar refractivity (Wildman–Crippen MR) is 75.1 cm³/mol. The molecule has 0 fully saturated rings. The molecule has 0 amide bonds. The molecule has 1 aliphatic heterocycles. The van der Waals surface area contributed by atoms with E-state index in [-0.39, 0.29) is 18.0 Å². The van der Waals surface area contributed by atoms with Gasteiger partial charge >= 0.3 is 0 Å². The van der Waals surface area contributed by atoms with Crippen LogP contribution in [-0.2, 0) is 25.8 Å². The molecule has 0 saturated heterocycles. The summed E-state index contributed by atoms with van der Waals surface area (Å²) in [4.78, 5) is 19.4. The summed E-state index contributed by atoms with van der Waals surface area (Å²) in [5, 5.41) is 3.25. The van der Waals surface area contributed by atoms with Crippen LogP contribution in [0.25, 0.3) is 5.65 Å². The van der Waals surface area contributed by atoms with Gasteiger partial charge < -0.3 is 4.90 Å². The van der Waals surface area contributed by atoms with Crippen LogP contribution >= 0.6 is 12.4 Å². The second-order valence-electron chi connectivity index (χ2n) is 5.41. The van der Waals surface area contributed by atoms with Crippen molar-refractivity contribution in [2.75, 3.05) is 13.6 Å². The first kappa shape index (κ1) is 12.7. The largest absolute Gasteiger partial charge is 0.302 e. The molecule has 0 atom stereocenters. The van der Waals surface area contributed by atoms with Crippen molar-refractivity contribution in [3.05, 3.63) is 32.9 Å². The van der Waals surface area contributed by atoms with E-state index in [9.17, 15) is 4.79 Å². The second kappa shape index (κ2) is 4.35. The highest BCUT2D eigenvalue weighted by Crippen LogP contribution is 2.23. The molecule has 19 heavy (non-hydrogen) atoms. The van der Waals surface area contributed by atoms with Crippen LogP contribution in [0, 0.1) is 0 Å². The van der Waals surface area contributed by atoms with Crippen molar-refractivity contribution in [2.24, 2.45) is 0 Å². The highest BCUT2D eigenvalue weighted by atomic mass is 35.5. The van der Waals surface area contributed by atoms with E-state index >= 15 is 0 Å². The first-order chi connectivity index (χ1) is 8.74. The highest BCUT2D eigenvalue weighted by Gasteiger charge is 2.24. The van der Waals surface area contributed by atoms with E-state index in [0.29, 0.717) is 0 Å². The summed E-state index contributed by atoms with van der Waals surface area (Å²) in [7, 11) is 2.11. The van der Waals surface area contributed by atoms with E-state index in [4.69, 9.17) is 4.98 Å². The quantitative estimate of drug-likeness (QED) is 0.781. The van der Waals surface area contributed by atoms with E-state index < -0.39 is 0 Å². The fraction of sp³-hybridized carbons (Fsp3) is 0.538. The molecule has 0 spiro atoms. The van der Waals surface area contributed by atoms with E-state index in [1.165, 1.54) is 11.3 Å². The van der Waals surface area contributed by atoms with Crippen LogP contribution < -0.4 is 5.56 Å². The fourth-order valence-electron chi connectivity index (χ4n) is 3.16. The molecular weight excluding hydrogens is 264 g/mol. The van der Waals surface area contributed by atoms with Gasteiger partial charge in [-0.05, 0) is 26.3 Å². The second-order valence-corrected chi connectivity index (χ2v) is 5.41. The molecule has 2 aliphatic rings. The molecule has 4 rings (SSSR count). The van der Waals surface area contributed by atoms with Crippen molar-refractivity contribution in [3.63, 3.8) is 0 Å². The van der Waals surface area contributed by atoms with Crippen molar-refractivity contribution in [1.82, 2.24) is 19.5 Å². The third-order valence-electron chi connectivity index (χ3n) is 4.16. The monoisotopic (exact) mass is 280 g/mol. The average molecular weight is 281 g/mol. The molecule has 1 N–H and O–H groups in total. The molecule has 0 bridgehead atoms. The van der Waals surface area contributed by atoms with Crippen molar-refractivity contribution in [1.29, 1.82) is 0 Å². The number of aromatic nitrogens is 3. The Balaban J connectivity index is 0.00000110. The number of hydrogen-bond donors (Lipinski definition) is 1. The van der Waals surface area contributed by atoms with E-state index in [2.05, 4.69) is 17.0 Å². The Labute approximate surface area is 117 Å². The molecule has 0 radical (unpaired) electrons. The maximum Gasteiger partial charge on any atom is 0.276 e. The zero-order chi connectivity index (χ0) is 12.3. The zero-order valence-electron chi connectivity index (χ0n) is 10.9. The van der Waals surface area contributed by atoms with Crippen LogP contribution in [0.15, 0.2) is 4.79 Å². The predicted octanol–water partition coefficient (Wildman–Crippen LogP) is 0.921. The van der Waals surface area contributed by atoms with Crippen molar-refractivity contribution >= 4 is 18.1 Å². The smallest absolute Gasteiger partial charge is 0.276 e. The number of nitrogens with one attached hydrogen (secondary N) is 1. The number of likely N-dealkylation sites (N-methyl/N-ethyl adjacent to an activating group) is 1. The van der Waals surface area contributed by atoms with Crippen molar-refractivity contribution in [2.45, 2.75) is 32.2 Å². The summed E-state index contributed by atoms with van der Waals surface area (Å²) in [5.41, 5.74) is 5.29. The number of H-pyrrole nitrogens is 1. The number of aromatic amines is 1. The van der Waals surface area contributed by atoms with Crippen LogP contribution in [0.3, 0.4) is 0 Å². The number of aryl methyl sites for hydroxylation is 1. The van der Waals surface area contributed by atoms with Gasteiger partial charge in [0.25, 0.3) is 5.56 Å². The maximum atomic E-state index is 12.4. The van der Waals surface area contributed by atoms with Crippen LogP contribution in [0.4, 0.5) is 0 Å². The normalized spacial score (nSPS) is 18.2. The van der Waals surface area contributed by atoms with Crippen LogP contribution in [-0.4, -0.2) is 33.1 Å². The molecule has 0 unspecified atom stereocenters. The van der Waals surface area contributed by atoms with Crippen LogP contribution in [0.2, 0.25) is 0 Å². The third-order valence-corrected chi connectivity index (χ3v) is 4.16. The molecule has 102 valence electrons. The number of halogens is 1. The molecule has 0 aromatic carbocycles. The Morgan fingerprint density at radius 2 is 2.05 bits per heavy atom. The zero-order valence-corrected chi connectivity index (χ0v) is 11.7. The van der Waals surface area contributed by atoms with Gasteiger partial charge in [-0.2, -0.15) is 0 Å². The van der Waals surface area contributed by atoms with E-state index in [1.807, 2.05) is 0 Å². The Morgan fingerprint density at radius 1 is 1.21 bits per heavy atom. The minimum absolute atomic E-state index is 0. The number of nitrogens with zero attached hydrogens (tertiary/aromatic N) is 3. The first-order valence-corrected chi connectivity index (χ1v) is 6.57. The lowest BCUT2D eigenvalue weighted by Gasteiger charge is -2.21. The van der Waals surface area contributed by atoms with Gasteiger partial charge in [0.2, 0.25) is 0 Å². The number of rotatable bonds is 0. The summed E-state index contributed by atoms with van der Waals surface area (Å²) >= 11 is 0. The lowest BCUT2D eigenvalue weighted by molar-refractivity contribution is 0.312. The molecule has 2 aromatic rings. The third kappa shape index (κ3) is 1.72. The summed E-state index contributed by atoms with van der Waals surface area (Å²) in [5.74, 6) is 0. The number of fused-ring (bicyclic) bond motifs is 4. The Morgan fingerprint density at radius 3 is 2.89 bits per heavy atom. The summed E-state index contributed by atoms with van der Waals surface area (Å²) < 4.78 is 1.66.